The fourth-order valence-corrected chi connectivity index (χ4v) is 4.55. The molecule has 30 heavy (non-hydrogen) atoms. The molecule has 0 bridgehead atoms. The Labute approximate surface area is 185 Å². The second-order valence-electron chi connectivity index (χ2n) is 6.55. The van der Waals surface area contributed by atoms with Crippen molar-refractivity contribution in [3.63, 3.8) is 0 Å². The van der Waals surface area contributed by atoms with Gasteiger partial charge in [-0.25, -0.2) is 9.79 Å². The first kappa shape index (κ1) is 22.1. The molecular weight excluding hydrogens is 424 g/mol. The van der Waals surface area contributed by atoms with E-state index in [9.17, 15) is 10.1 Å². The Hall–Kier alpha value is -2.63. The van der Waals surface area contributed by atoms with Gasteiger partial charge in [0.1, 0.15) is 22.5 Å². The lowest BCUT2D eigenvalue weighted by Crippen LogP contribution is -2.39. The average molecular weight is 447 g/mol. The van der Waals surface area contributed by atoms with Crippen molar-refractivity contribution >= 4 is 34.5 Å². The molecule has 1 aromatic carbocycles. The number of hydrogen-bond donors (Lipinski definition) is 1. The van der Waals surface area contributed by atoms with Crippen molar-refractivity contribution in [2.24, 2.45) is 10.7 Å². The number of hydrogen-bond acceptors (Lipinski definition) is 8. The topological polar surface area (TPSA) is 101 Å². The Kier molecular flexibility index (Phi) is 6.95. The number of carbonyl (C=O) groups excluding carboxylic acids is 1. The molecule has 0 unspecified atom stereocenters. The zero-order valence-corrected chi connectivity index (χ0v) is 18.6. The molecule has 2 heterocycles. The van der Waals surface area contributed by atoms with E-state index < -0.39 is 12.0 Å². The lowest BCUT2D eigenvalue weighted by atomic mass is 9.93. The van der Waals surface area contributed by atoms with E-state index in [-0.39, 0.29) is 12.4 Å². The van der Waals surface area contributed by atoms with Crippen molar-refractivity contribution in [2.75, 3.05) is 13.2 Å². The summed E-state index contributed by atoms with van der Waals surface area (Å²) in [7, 11) is 0. The summed E-state index contributed by atoms with van der Waals surface area (Å²) >= 11 is 7.64. The number of benzene rings is 1. The summed E-state index contributed by atoms with van der Waals surface area (Å²) in [6.45, 7) is 6.37. The Morgan fingerprint density at radius 2 is 2.13 bits per heavy atom. The van der Waals surface area contributed by atoms with Crippen LogP contribution in [0.25, 0.3) is 0 Å². The van der Waals surface area contributed by atoms with Gasteiger partial charge in [0.15, 0.2) is 5.17 Å². The van der Waals surface area contributed by atoms with Crippen LogP contribution in [0.2, 0.25) is 5.02 Å². The van der Waals surface area contributed by atoms with Gasteiger partial charge in [-0.2, -0.15) is 5.26 Å². The van der Waals surface area contributed by atoms with E-state index in [1.54, 1.807) is 24.0 Å². The quantitative estimate of drug-likeness (QED) is 0.616. The van der Waals surface area contributed by atoms with Crippen LogP contribution >= 0.6 is 23.4 Å². The predicted octanol–water partition coefficient (Wildman–Crippen LogP) is 4.47. The Balaban J connectivity index is 2.21. The standard InChI is InChI=1S/C21H23ClN4O3S/c1-4-7-14-17(20(27)29-6-3)18(12-8-9-15(28-5-2)13(22)10-12)26-19(24)16(11-23)30-21(26)25-14/h8-10,18H,4-7,24H2,1-3H3/t18-/m1/s1. The van der Waals surface area contributed by atoms with Gasteiger partial charge in [-0.05, 0) is 49.7 Å². The summed E-state index contributed by atoms with van der Waals surface area (Å²) in [4.78, 5) is 19.7. The molecule has 2 aliphatic rings. The summed E-state index contributed by atoms with van der Waals surface area (Å²) < 4.78 is 10.9. The van der Waals surface area contributed by atoms with Crippen molar-refractivity contribution in [3.05, 3.63) is 50.8 Å². The lowest BCUT2D eigenvalue weighted by molar-refractivity contribution is -0.139. The number of ether oxygens (including phenoxy) is 2. The number of rotatable bonds is 7. The molecule has 2 aliphatic heterocycles. The molecule has 7 nitrogen and oxygen atoms in total. The molecule has 9 heteroatoms. The van der Waals surface area contributed by atoms with Gasteiger partial charge in [0.2, 0.25) is 0 Å². The molecule has 1 atom stereocenters. The molecule has 0 amide bonds. The van der Waals surface area contributed by atoms with E-state index in [2.05, 4.69) is 11.1 Å². The Morgan fingerprint density at radius 1 is 1.37 bits per heavy atom. The van der Waals surface area contributed by atoms with Gasteiger partial charge in [0, 0.05) is 0 Å². The van der Waals surface area contributed by atoms with Crippen LogP contribution in [0.3, 0.4) is 0 Å². The SMILES string of the molecule is CCCC1=C(C(=O)OCC)[C@@H](c2ccc(OCC)c(Cl)c2)N2C(=N1)SC(C#N)=C2N. The fourth-order valence-electron chi connectivity index (χ4n) is 3.42. The van der Waals surface area contributed by atoms with Crippen LogP contribution in [0.1, 0.15) is 45.2 Å². The van der Waals surface area contributed by atoms with E-state index in [4.69, 9.17) is 26.8 Å². The van der Waals surface area contributed by atoms with E-state index in [0.29, 0.717) is 45.1 Å². The van der Waals surface area contributed by atoms with Crippen molar-refractivity contribution in [1.29, 1.82) is 5.26 Å². The molecule has 0 aromatic heterocycles. The molecule has 0 saturated heterocycles. The second-order valence-corrected chi connectivity index (χ2v) is 7.93. The number of aliphatic imine (C=N–C) groups is 1. The van der Waals surface area contributed by atoms with E-state index in [1.807, 2.05) is 19.9 Å². The maximum absolute atomic E-state index is 13.0. The van der Waals surface area contributed by atoms with Crippen LogP contribution in [0.4, 0.5) is 0 Å². The maximum atomic E-state index is 13.0. The number of fused-ring (bicyclic) bond motifs is 1. The Bertz CT molecular complexity index is 996. The highest BCUT2D eigenvalue weighted by molar-refractivity contribution is 8.17. The van der Waals surface area contributed by atoms with E-state index in [0.717, 1.165) is 12.0 Å². The van der Waals surface area contributed by atoms with Gasteiger partial charge < -0.3 is 15.2 Å². The van der Waals surface area contributed by atoms with E-state index in [1.165, 1.54) is 11.8 Å². The average Bonchev–Trinajstić information content (AvgIpc) is 3.04. The summed E-state index contributed by atoms with van der Waals surface area (Å²) in [5.74, 6) is 0.357. The highest BCUT2D eigenvalue weighted by atomic mass is 35.5. The largest absolute Gasteiger partial charge is 0.492 e. The van der Waals surface area contributed by atoms with Crippen LogP contribution in [-0.4, -0.2) is 29.3 Å². The van der Waals surface area contributed by atoms with Crippen molar-refractivity contribution in [2.45, 2.75) is 39.7 Å². The highest BCUT2D eigenvalue weighted by Crippen LogP contribution is 2.47. The number of esters is 1. The molecule has 0 radical (unpaired) electrons. The molecule has 0 aliphatic carbocycles. The zero-order chi connectivity index (χ0) is 21.8. The van der Waals surface area contributed by atoms with Crippen LogP contribution in [0.15, 0.2) is 45.2 Å². The van der Waals surface area contributed by atoms with E-state index >= 15 is 0 Å². The first-order chi connectivity index (χ1) is 14.5. The zero-order valence-electron chi connectivity index (χ0n) is 17.1. The predicted molar refractivity (Wildman–Crippen MR) is 118 cm³/mol. The third-order valence-electron chi connectivity index (χ3n) is 4.62. The molecule has 0 fully saturated rings. The first-order valence-corrected chi connectivity index (χ1v) is 10.9. The third-order valence-corrected chi connectivity index (χ3v) is 5.89. The summed E-state index contributed by atoms with van der Waals surface area (Å²) in [5, 5.41) is 10.5. The van der Waals surface area contributed by atoms with Gasteiger partial charge in [-0.15, -0.1) is 0 Å². The Morgan fingerprint density at radius 3 is 2.73 bits per heavy atom. The normalized spacial score (nSPS) is 18.2. The third kappa shape index (κ3) is 4.00. The molecule has 0 spiro atoms. The fraction of sp³-hybridized carbons (Fsp3) is 0.381. The summed E-state index contributed by atoms with van der Waals surface area (Å²) in [6.07, 6.45) is 1.39. The number of nitriles is 1. The minimum absolute atomic E-state index is 0.235. The number of thioether (sulfide) groups is 1. The molecule has 1 aromatic rings. The molecule has 2 N–H and O–H groups in total. The number of allylic oxidation sites excluding steroid dienone is 2. The van der Waals surface area contributed by atoms with Gasteiger partial charge in [0.05, 0.1) is 35.5 Å². The smallest absolute Gasteiger partial charge is 0.338 e. The van der Waals surface area contributed by atoms with Crippen molar-refractivity contribution in [3.8, 4) is 11.8 Å². The van der Waals surface area contributed by atoms with Crippen LogP contribution < -0.4 is 10.5 Å². The van der Waals surface area contributed by atoms with Crippen molar-refractivity contribution < 1.29 is 14.3 Å². The van der Waals surface area contributed by atoms with Gasteiger partial charge in [0.25, 0.3) is 0 Å². The molecule has 0 saturated carbocycles. The van der Waals surface area contributed by atoms with Crippen LogP contribution in [-0.2, 0) is 9.53 Å². The monoisotopic (exact) mass is 446 g/mol. The highest BCUT2D eigenvalue weighted by Gasteiger charge is 2.43. The molecular formula is C21H23ClN4O3S. The minimum atomic E-state index is -0.607. The van der Waals surface area contributed by atoms with Crippen LogP contribution in [0, 0.1) is 11.3 Å². The first-order valence-electron chi connectivity index (χ1n) is 9.74. The van der Waals surface area contributed by atoms with Gasteiger partial charge in [-0.1, -0.05) is 31.0 Å². The number of halogens is 1. The number of carbonyl (C=O) groups is 1. The van der Waals surface area contributed by atoms with Crippen molar-refractivity contribution in [1.82, 2.24) is 4.90 Å². The second kappa shape index (κ2) is 9.45. The van der Waals surface area contributed by atoms with Crippen LogP contribution in [0.5, 0.6) is 5.75 Å². The molecule has 3 rings (SSSR count). The number of nitrogens with zero attached hydrogens (tertiary/aromatic N) is 3. The maximum Gasteiger partial charge on any atom is 0.338 e. The number of nitrogens with two attached hydrogens (primary N) is 1. The lowest BCUT2D eigenvalue weighted by Gasteiger charge is -2.35. The van der Waals surface area contributed by atoms with Gasteiger partial charge in [-0.3, -0.25) is 4.90 Å². The van der Waals surface area contributed by atoms with Gasteiger partial charge >= 0.3 is 5.97 Å². The molecule has 158 valence electrons. The summed E-state index contributed by atoms with van der Waals surface area (Å²) in [6, 6.07) is 6.87. The summed E-state index contributed by atoms with van der Waals surface area (Å²) in [5.41, 5.74) is 8.07. The number of amidine groups is 1. The minimum Gasteiger partial charge on any atom is -0.492 e.